The average Bonchev–Trinajstić information content (AvgIpc) is 3.00. The van der Waals surface area contributed by atoms with Gasteiger partial charge in [0.05, 0.1) is 17.4 Å². The summed E-state index contributed by atoms with van der Waals surface area (Å²) in [5.74, 6) is -0.000190. The topological polar surface area (TPSA) is 58.6 Å². The zero-order valence-electron chi connectivity index (χ0n) is 19.6. The number of benzene rings is 3. The Balaban J connectivity index is 1.81. The molecule has 0 bridgehead atoms. The van der Waals surface area contributed by atoms with Gasteiger partial charge >= 0.3 is 0 Å². The van der Waals surface area contributed by atoms with E-state index in [1.807, 2.05) is 101 Å². The molecule has 2 amide bonds. The number of anilines is 2. The molecule has 0 atom stereocenters. The van der Waals surface area contributed by atoms with Gasteiger partial charge in [0.15, 0.2) is 0 Å². The van der Waals surface area contributed by atoms with Crippen molar-refractivity contribution in [2.75, 3.05) is 10.2 Å². The SMILES string of the molecule is Cc1cccc(NC2=C(c3ccc(OC(C)C)cc3)C(=O)N(c3cc(C)ccc3C)C2=O)c1. The van der Waals surface area contributed by atoms with Gasteiger partial charge in [-0.15, -0.1) is 0 Å². The van der Waals surface area contributed by atoms with Gasteiger partial charge in [-0.3, -0.25) is 9.59 Å². The molecular weight excluding hydrogens is 412 g/mol. The van der Waals surface area contributed by atoms with Crippen LogP contribution in [-0.2, 0) is 9.59 Å². The van der Waals surface area contributed by atoms with Gasteiger partial charge in [0.2, 0.25) is 0 Å². The van der Waals surface area contributed by atoms with Crippen LogP contribution in [0.5, 0.6) is 5.75 Å². The molecule has 0 fully saturated rings. The van der Waals surface area contributed by atoms with E-state index in [2.05, 4.69) is 5.32 Å². The van der Waals surface area contributed by atoms with Gasteiger partial charge in [0.1, 0.15) is 11.4 Å². The standard InChI is InChI=1S/C28H28N2O3/c1-17(2)33-23-13-11-21(12-14-23)25-26(29-22-8-6-7-18(3)15-22)28(32)30(27(25)31)24-16-19(4)9-10-20(24)5/h6-17,29H,1-5H3. The van der Waals surface area contributed by atoms with Gasteiger partial charge < -0.3 is 10.1 Å². The van der Waals surface area contributed by atoms with E-state index in [-0.39, 0.29) is 23.6 Å². The summed E-state index contributed by atoms with van der Waals surface area (Å²) in [7, 11) is 0. The van der Waals surface area contributed by atoms with E-state index >= 15 is 0 Å². The molecule has 0 radical (unpaired) electrons. The summed E-state index contributed by atoms with van der Waals surface area (Å²) in [6, 6.07) is 20.8. The lowest BCUT2D eigenvalue weighted by Crippen LogP contribution is -2.33. The molecule has 0 spiro atoms. The number of rotatable bonds is 6. The second-order valence-electron chi connectivity index (χ2n) is 8.67. The summed E-state index contributed by atoms with van der Waals surface area (Å²) < 4.78 is 5.74. The van der Waals surface area contributed by atoms with E-state index in [1.165, 1.54) is 4.90 Å². The lowest BCUT2D eigenvalue weighted by atomic mass is 10.0. The molecule has 1 N–H and O–H groups in total. The maximum Gasteiger partial charge on any atom is 0.282 e. The molecule has 168 valence electrons. The molecular formula is C28H28N2O3. The van der Waals surface area contributed by atoms with Crippen molar-refractivity contribution in [1.82, 2.24) is 0 Å². The third kappa shape index (κ3) is 4.53. The highest BCUT2D eigenvalue weighted by Gasteiger charge is 2.40. The van der Waals surface area contributed by atoms with Crippen molar-refractivity contribution in [3.8, 4) is 5.75 Å². The summed E-state index contributed by atoms with van der Waals surface area (Å²) in [6.07, 6.45) is 0.0445. The van der Waals surface area contributed by atoms with Crippen LogP contribution in [0, 0.1) is 20.8 Å². The van der Waals surface area contributed by atoms with Crippen LogP contribution in [0.4, 0.5) is 11.4 Å². The van der Waals surface area contributed by atoms with Crippen LogP contribution < -0.4 is 15.0 Å². The quantitative estimate of drug-likeness (QED) is 0.493. The third-order valence-electron chi connectivity index (χ3n) is 5.49. The number of hydrogen-bond donors (Lipinski definition) is 1. The monoisotopic (exact) mass is 440 g/mol. The first kappa shape index (κ1) is 22.3. The molecule has 0 saturated carbocycles. The van der Waals surface area contributed by atoms with Crippen LogP contribution in [0.1, 0.15) is 36.1 Å². The van der Waals surface area contributed by atoms with Crippen molar-refractivity contribution < 1.29 is 14.3 Å². The molecule has 33 heavy (non-hydrogen) atoms. The average molecular weight is 441 g/mol. The maximum atomic E-state index is 13.7. The second-order valence-corrected chi connectivity index (χ2v) is 8.67. The summed E-state index contributed by atoms with van der Waals surface area (Å²) in [6.45, 7) is 9.75. The van der Waals surface area contributed by atoms with Crippen molar-refractivity contribution in [1.29, 1.82) is 0 Å². The largest absolute Gasteiger partial charge is 0.491 e. The van der Waals surface area contributed by atoms with Gasteiger partial charge in [-0.2, -0.15) is 0 Å². The number of hydrogen-bond acceptors (Lipinski definition) is 4. The first-order valence-corrected chi connectivity index (χ1v) is 11.1. The Labute approximate surface area is 194 Å². The van der Waals surface area contributed by atoms with Gasteiger partial charge in [-0.25, -0.2) is 4.90 Å². The smallest absolute Gasteiger partial charge is 0.282 e. The Morgan fingerprint density at radius 3 is 2.18 bits per heavy atom. The molecule has 0 unspecified atom stereocenters. The molecule has 1 aliphatic heterocycles. The number of aryl methyl sites for hydroxylation is 3. The zero-order chi connectivity index (χ0) is 23.7. The molecule has 1 heterocycles. The predicted molar refractivity (Wildman–Crippen MR) is 132 cm³/mol. The number of carbonyl (C=O) groups excluding carboxylic acids is 2. The fourth-order valence-electron chi connectivity index (χ4n) is 3.93. The highest BCUT2D eigenvalue weighted by molar-refractivity contribution is 6.46. The number of nitrogens with zero attached hydrogens (tertiary/aromatic N) is 1. The van der Waals surface area contributed by atoms with Crippen LogP contribution in [0.3, 0.4) is 0 Å². The van der Waals surface area contributed by atoms with Crippen LogP contribution >= 0.6 is 0 Å². The first-order chi connectivity index (χ1) is 15.7. The normalized spacial score (nSPS) is 13.8. The molecule has 3 aromatic carbocycles. The predicted octanol–water partition coefficient (Wildman–Crippen LogP) is 5.80. The summed E-state index contributed by atoms with van der Waals surface area (Å²) in [5.41, 5.74) is 5.53. The Hall–Kier alpha value is -3.86. The van der Waals surface area contributed by atoms with Crippen LogP contribution in [0.2, 0.25) is 0 Å². The minimum Gasteiger partial charge on any atom is -0.491 e. The lowest BCUT2D eigenvalue weighted by molar-refractivity contribution is -0.120. The molecule has 4 rings (SSSR count). The van der Waals surface area contributed by atoms with Crippen molar-refractivity contribution >= 4 is 28.8 Å². The summed E-state index contributed by atoms with van der Waals surface area (Å²) in [4.78, 5) is 28.6. The van der Waals surface area contributed by atoms with Crippen molar-refractivity contribution in [2.45, 2.75) is 40.7 Å². The van der Waals surface area contributed by atoms with Crippen molar-refractivity contribution in [2.24, 2.45) is 0 Å². The Morgan fingerprint density at radius 1 is 0.818 bits per heavy atom. The van der Waals surface area contributed by atoms with Gasteiger partial charge in [-0.05, 0) is 87.2 Å². The third-order valence-corrected chi connectivity index (χ3v) is 5.49. The van der Waals surface area contributed by atoms with Gasteiger partial charge in [0.25, 0.3) is 11.8 Å². The van der Waals surface area contributed by atoms with E-state index in [9.17, 15) is 9.59 Å². The molecule has 0 saturated heterocycles. The summed E-state index contributed by atoms with van der Waals surface area (Å²) in [5, 5.41) is 3.23. The molecule has 0 aliphatic carbocycles. The Bertz CT molecular complexity index is 1260. The minimum absolute atomic E-state index is 0.0445. The number of ether oxygens (including phenoxy) is 1. The Morgan fingerprint density at radius 2 is 1.52 bits per heavy atom. The number of amides is 2. The van der Waals surface area contributed by atoms with Crippen LogP contribution in [0.25, 0.3) is 5.57 Å². The van der Waals surface area contributed by atoms with Crippen molar-refractivity contribution in [3.63, 3.8) is 0 Å². The molecule has 1 aliphatic rings. The highest BCUT2D eigenvalue weighted by atomic mass is 16.5. The van der Waals surface area contributed by atoms with Gasteiger partial charge in [-0.1, -0.05) is 36.4 Å². The van der Waals surface area contributed by atoms with Crippen LogP contribution in [0.15, 0.2) is 72.4 Å². The first-order valence-electron chi connectivity index (χ1n) is 11.1. The molecule has 0 aromatic heterocycles. The number of nitrogens with one attached hydrogen (secondary N) is 1. The second kappa shape index (κ2) is 8.94. The zero-order valence-corrected chi connectivity index (χ0v) is 19.6. The maximum absolute atomic E-state index is 13.7. The Kier molecular flexibility index (Phi) is 6.05. The fourth-order valence-corrected chi connectivity index (χ4v) is 3.93. The van der Waals surface area contributed by atoms with E-state index in [0.29, 0.717) is 22.6 Å². The minimum atomic E-state index is -0.368. The van der Waals surface area contributed by atoms with Gasteiger partial charge in [0, 0.05) is 5.69 Å². The van der Waals surface area contributed by atoms with E-state index in [1.54, 1.807) is 0 Å². The summed E-state index contributed by atoms with van der Waals surface area (Å²) >= 11 is 0. The lowest BCUT2D eigenvalue weighted by Gasteiger charge is -2.18. The van der Waals surface area contributed by atoms with Crippen molar-refractivity contribution in [3.05, 3.63) is 94.7 Å². The molecule has 5 heteroatoms. The number of carbonyl (C=O) groups is 2. The van der Waals surface area contributed by atoms with E-state index < -0.39 is 0 Å². The van der Waals surface area contributed by atoms with Crippen LogP contribution in [-0.4, -0.2) is 17.9 Å². The molecule has 3 aromatic rings. The molecule has 5 nitrogen and oxygen atoms in total. The van der Waals surface area contributed by atoms with E-state index in [0.717, 1.165) is 22.4 Å². The number of imide groups is 1. The fraction of sp³-hybridized carbons (Fsp3) is 0.214. The van der Waals surface area contributed by atoms with E-state index in [4.69, 9.17) is 4.74 Å². The highest BCUT2D eigenvalue weighted by Crippen LogP contribution is 2.36.